The Morgan fingerprint density at radius 2 is 0.647 bits per heavy atom. The first-order chi connectivity index (χ1) is 7.00. The molecule has 0 radical (unpaired) electrons. The van der Waals surface area contributed by atoms with Crippen molar-refractivity contribution in [2.45, 2.75) is -0.0799 Å². The summed E-state index contributed by atoms with van der Waals surface area (Å²) in [4.78, 5) is 0. The molecule has 12 heteroatoms. The Labute approximate surface area is 251 Å². The Morgan fingerprint density at radius 3 is 0.647 bits per heavy atom. The number of rotatable bonds is 4. The smallest absolute Gasteiger partial charge is 0.180 e. The first-order valence-electron chi connectivity index (χ1n) is 3.30. The molecule has 0 aliphatic heterocycles. The summed E-state index contributed by atoms with van der Waals surface area (Å²) in [6, 6.07) is 0. The molecule has 0 heterocycles. The first-order valence-corrected chi connectivity index (χ1v) is 15.2. The highest BCUT2D eigenvalue weighted by atomic mass is 127. The van der Waals surface area contributed by atoms with Crippen molar-refractivity contribution in [3.05, 3.63) is 0 Å². The molecule has 0 saturated carbocycles. The minimum atomic E-state index is -0.862. The molecular formula is C5HI11O. The van der Waals surface area contributed by atoms with E-state index >= 15 is 0 Å². The number of hydrogen-bond acceptors (Lipinski definition) is 1. The summed E-state index contributed by atoms with van der Waals surface area (Å²) in [6.45, 7) is 0. The third kappa shape index (κ3) is 5.99. The van der Waals surface area contributed by atoms with Gasteiger partial charge in [-0.15, -0.1) is 0 Å². The van der Waals surface area contributed by atoms with Crippen molar-refractivity contribution in [2.24, 2.45) is 5.41 Å². The van der Waals surface area contributed by atoms with Crippen molar-refractivity contribution in [1.82, 2.24) is 0 Å². The van der Waals surface area contributed by atoms with E-state index in [4.69, 9.17) is 0 Å². The molecule has 0 aliphatic carbocycles. The van der Waals surface area contributed by atoms with Crippen LogP contribution in [0.4, 0.5) is 0 Å². The summed E-state index contributed by atoms with van der Waals surface area (Å²) in [7, 11) is 0. The van der Waals surface area contributed by atoms with Crippen LogP contribution in [0.15, 0.2) is 0 Å². The molecule has 0 atom stereocenters. The summed E-state index contributed by atoms with van der Waals surface area (Å²) in [5.41, 5.74) is -0.341. The largest absolute Gasteiger partial charge is 0.370 e. The molecule has 0 spiro atoms. The van der Waals surface area contributed by atoms with Gasteiger partial charge in [0, 0.05) is 0 Å². The van der Waals surface area contributed by atoms with Crippen LogP contribution in [0.2, 0.25) is 0 Å². The number of alkyl halides is 11. The van der Waals surface area contributed by atoms with Crippen LogP contribution in [0.5, 0.6) is 0 Å². The Kier molecular flexibility index (Phi) is 12.9. The maximum absolute atomic E-state index is 10.9. The maximum atomic E-state index is 10.9. The van der Waals surface area contributed by atoms with Gasteiger partial charge in [0.1, 0.15) is 3.72 Å². The van der Waals surface area contributed by atoms with E-state index in [1.165, 1.54) is 0 Å². The third-order valence-electron chi connectivity index (χ3n) is 1.73. The lowest BCUT2D eigenvalue weighted by atomic mass is 9.98. The van der Waals surface area contributed by atoms with E-state index in [-0.39, 0.29) is 3.72 Å². The van der Waals surface area contributed by atoms with Gasteiger partial charge in [-0.25, -0.2) is 0 Å². The van der Waals surface area contributed by atoms with Gasteiger partial charge in [0.05, 0.1) is 0 Å². The van der Waals surface area contributed by atoms with E-state index in [1.54, 1.807) is 0 Å². The molecule has 0 bridgehead atoms. The van der Waals surface area contributed by atoms with E-state index in [0.29, 0.717) is 0 Å². The zero-order chi connectivity index (χ0) is 14.5. The summed E-state index contributed by atoms with van der Waals surface area (Å²) in [5.74, 6) is 0. The van der Waals surface area contributed by atoms with Gasteiger partial charge in [0.25, 0.3) is 0 Å². The SMILES string of the molecule is OC(I)(I)C(C(I)(I)I)(C(I)(I)I)C(I)(I)I. The summed E-state index contributed by atoms with van der Waals surface area (Å²) in [6.07, 6.45) is 0. The fourth-order valence-corrected chi connectivity index (χ4v) is 37.4. The number of aliphatic hydroxyl groups is 1. The van der Waals surface area contributed by atoms with Crippen molar-refractivity contribution in [3.8, 4) is 0 Å². The minimum absolute atomic E-state index is 0.134. The molecule has 0 aromatic rings. The van der Waals surface area contributed by atoms with Crippen molar-refractivity contribution < 1.29 is 5.11 Å². The maximum Gasteiger partial charge on any atom is 0.180 e. The molecule has 17 heavy (non-hydrogen) atoms. The molecule has 0 unspecified atom stereocenters. The lowest BCUT2D eigenvalue weighted by molar-refractivity contribution is 0.144. The van der Waals surface area contributed by atoms with Gasteiger partial charge in [0.2, 0.25) is 0 Å². The minimum Gasteiger partial charge on any atom is -0.370 e. The topological polar surface area (TPSA) is 20.2 Å². The lowest BCUT2D eigenvalue weighted by Crippen LogP contribution is -2.62. The summed E-state index contributed by atoms with van der Waals surface area (Å²) >= 11 is 26.3. The summed E-state index contributed by atoms with van der Waals surface area (Å²) < 4.78 is -1.27. The molecule has 0 aromatic heterocycles. The van der Waals surface area contributed by atoms with E-state index in [2.05, 4.69) is 248 Å². The second-order valence-electron chi connectivity index (χ2n) is 2.78. The van der Waals surface area contributed by atoms with Crippen LogP contribution in [-0.4, -0.2) is 5.03 Å². The Bertz CT molecular complexity index is 213. The second-order valence-corrected chi connectivity index (χ2v) is 41.1. The lowest BCUT2D eigenvalue weighted by Gasteiger charge is -2.56. The van der Waals surface area contributed by atoms with Crippen molar-refractivity contribution >= 4 is 248 Å². The van der Waals surface area contributed by atoms with Crippen molar-refractivity contribution in [1.29, 1.82) is 0 Å². The van der Waals surface area contributed by atoms with Gasteiger partial charge in [-0.2, -0.15) is 0 Å². The zero-order valence-corrected chi connectivity index (χ0v) is 30.8. The van der Waals surface area contributed by atoms with Gasteiger partial charge in [-0.1, -0.05) is 203 Å². The van der Waals surface area contributed by atoms with Gasteiger partial charge in [0.15, 0.2) is 1.61 Å². The average Bonchev–Trinajstić information content (AvgIpc) is 1.67. The van der Waals surface area contributed by atoms with E-state index < -0.39 is 1.61 Å². The zero-order valence-electron chi connectivity index (χ0n) is 7.10. The molecule has 1 nitrogen and oxygen atoms in total. The molecule has 0 aromatic carbocycles. The van der Waals surface area contributed by atoms with Gasteiger partial charge < -0.3 is 5.11 Å². The van der Waals surface area contributed by atoms with E-state index in [0.717, 1.165) is 0 Å². The Hall–Kier alpha value is 7.99. The number of halogens is 11. The molecule has 104 valence electrons. The fraction of sp³-hybridized carbons (Fsp3) is 1.00. The standard InChI is InChI=1S/C5HI11O/c6-2(7,8)1(3(9,10)11,4(12,13)14)5(15,16)17/h17H. The molecule has 0 saturated heterocycles. The highest BCUT2D eigenvalue weighted by Crippen LogP contribution is 2.79. The first kappa shape index (κ1) is 25.0. The Balaban J connectivity index is 6.37. The molecule has 0 fully saturated rings. The highest BCUT2D eigenvalue weighted by molar-refractivity contribution is 14.3. The van der Waals surface area contributed by atoms with Crippen LogP contribution >= 0.6 is 248 Å². The van der Waals surface area contributed by atoms with Crippen LogP contribution < -0.4 is 0 Å². The van der Waals surface area contributed by atoms with Crippen LogP contribution in [0.3, 0.4) is 0 Å². The van der Waals surface area contributed by atoms with Crippen molar-refractivity contribution in [2.75, 3.05) is 0 Å². The normalized spacial score (nSPS) is 16.2. The molecule has 0 amide bonds. The predicted molar refractivity (Wildman–Crippen MR) is 170 cm³/mol. The molecular weight excluding hydrogens is 1470 g/mol. The predicted octanol–water partition coefficient (Wildman–Crippen LogP) is 8.37. The van der Waals surface area contributed by atoms with E-state index in [9.17, 15) is 5.11 Å². The molecule has 1 N–H and O–H groups in total. The fourth-order valence-electron chi connectivity index (χ4n) is 0.994. The third-order valence-corrected chi connectivity index (χ3v) is 10.6. The van der Waals surface area contributed by atoms with Gasteiger partial charge in [-0.05, 0) is 45.2 Å². The second kappa shape index (κ2) is 8.79. The molecule has 0 aliphatic rings. The quantitative estimate of drug-likeness (QED) is 0.222. The summed E-state index contributed by atoms with van der Waals surface area (Å²) in [5, 5.41) is 10.9. The van der Waals surface area contributed by atoms with Gasteiger partial charge in [-0.3, -0.25) is 0 Å². The van der Waals surface area contributed by atoms with Crippen LogP contribution in [0, 0.1) is 5.41 Å². The van der Waals surface area contributed by atoms with Crippen molar-refractivity contribution in [3.63, 3.8) is 0 Å². The van der Waals surface area contributed by atoms with Crippen LogP contribution in [0.25, 0.3) is 0 Å². The van der Waals surface area contributed by atoms with Crippen LogP contribution in [0.1, 0.15) is 0 Å². The number of hydrogen-bond donors (Lipinski definition) is 1. The van der Waals surface area contributed by atoms with Crippen LogP contribution in [-0.2, 0) is 0 Å². The average molecular weight is 1470 g/mol. The molecule has 0 rings (SSSR count). The Morgan fingerprint density at radius 1 is 0.471 bits per heavy atom. The van der Waals surface area contributed by atoms with Gasteiger partial charge >= 0.3 is 0 Å². The highest BCUT2D eigenvalue weighted by Gasteiger charge is 2.75. The van der Waals surface area contributed by atoms with E-state index in [1.807, 2.05) is 0 Å². The monoisotopic (exact) mass is 1470 g/mol.